The van der Waals surface area contributed by atoms with Gasteiger partial charge in [-0.2, -0.15) is 0 Å². The number of carbonyl (C=O) groups is 1. The molecule has 1 amide bonds. The van der Waals surface area contributed by atoms with Crippen LogP contribution < -0.4 is 5.32 Å². The first-order valence-corrected chi connectivity index (χ1v) is 9.51. The fourth-order valence-electron chi connectivity index (χ4n) is 3.41. The summed E-state index contributed by atoms with van der Waals surface area (Å²) in [6, 6.07) is 19.0. The van der Waals surface area contributed by atoms with Crippen molar-refractivity contribution in [2.45, 2.75) is 26.4 Å². The minimum Gasteiger partial charge on any atom is -0.340 e. The quantitative estimate of drug-likeness (QED) is 0.779. The molecule has 3 rings (SSSR count). The normalized spacial score (nSPS) is 15.2. The Morgan fingerprint density at radius 1 is 0.962 bits per heavy atom. The molecule has 1 N–H and O–H groups in total. The van der Waals surface area contributed by atoms with E-state index in [1.165, 1.54) is 16.7 Å². The molecule has 0 unspecified atom stereocenters. The van der Waals surface area contributed by atoms with Gasteiger partial charge >= 0.3 is 0 Å². The summed E-state index contributed by atoms with van der Waals surface area (Å²) in [6.07, 6.45) is 0.574. The van der Waals surface area contributed by atoms with Gasteiger partial charge in [0.25, 0.3) is 0 Å². The van der Waals surface area contributed by atoms with Crippen LogP contribution in [0.1, 0.15) is 23.1 Å². The van der Waals surface area contributed by atoms with Gasteiger partial charge in [-0.15, -0.1) is 0 Å². The molecule has 4 nitrogen and oxygen atoms in total. The number of aryl methyl sites for hydroxylation is 1. The fourth-order valence-corrected chi connectivity index (χ4v) is 3.41. The zero-order chi connectivity index (χ0) is 18.2. The Morgan fingerprint density at radius 3 is 2.42 bits per heavy atom. The maximum Gasteiger partial charge on any atom is 0.223 e. The molecule has 4 heteroatoms. The number of benzene rings is 2. The van der Waals surface area contributed by atoms with Crippen LogP contribution >= 0.6 is 0 Å². The van der Waals surface area contributed by atoms with Crippen molar-refractivity contribution in [1.82, 2.24) is 15.1 Å². The van der Waals surface area contributed by atoms with Crippen molar-refractivity contribution in [1.29, 1.82) is 0 Å². The Bertz CT molecular complexity index is 694. The Balaban J connectivity index is 1.33. The average Bonchev–Trinajstić information content (AvgIpc) is 2.66. The number of hydrogen-bond donors (Lipinski definition) is 1. The summed E-state index contributed by atoms with van der Waals surface area (Å²) in [4.78, 5) is 16.8. The van der Waals surface area contributed by atoms with Crippen molar-refractivity contribution >= 4 is 5.91 Å². The minimum atomic E-state index is 0.265. The van der Waals surface area contributed by atoms with Crippen LogP contribution in [-0.2, 0) is 17.9 Å². The molecule has 0 bridgehead atoms. The van der Waals surface area contributed by atoms with E-state index in [1.807, 2.05) is 11.0 Å². The second-order valence-corrected chi connectivity index (χ2v) is 7.06. The number of piperazine rings is 1. The molecule has 0 atom stereocenters. The highest BCUT2D eigenvalue weighted by atomic mass is 16.2. The summed E-state index contributed by atoms with van der Waals surface area (Å²) in [5.41, 5.74) is 3.88. The smallest absolute Gasteiger partial charge is 0.223 e. The van der Waals surface area contributed by atoms with Crippen molar-refractivity contribution < 1.29 is 4.79 Å². The van der Waals surface area contributed by atoms with Crippen LogP contribution in [-0.4, -0.2) is 48.4 Å². The molecule has 2 aromatic carbocycles. The molecule has 0 aromatic heterocycles. The van der Waals surface area contributed by atoms with Crippen LogP contribution in [0.15, 0.2) is 54.6 Å². The molecule has 0 saturated carbocycles. The van der Waals surface area contributed by atoms with Gasteiger partial charge < -0.3 is 10.2 Å². The van der Waals surface area contributed by atoms with E-state index in [4.69, 9.17) is 0 Å². The molecule has 1 aliphatic rings. The third-order valence-electron chi connectivity index (χ3n) is 4.90. The molecule has 0 aliphatic carbocycles. The lowest BCUT2D eigenvalue weighted by Gasteiger charge is -2.34. The van der Waals surface area contributed by atoms with E-state index in [0.717, 1.165) is 45.8 Å². The summed E-state index contributed by atoms with van der Waals surface area (Å²) in [6.45, 7) is 8.21. The number of hydrogen-bond acceptors (Lipinski definition) is 3. The molecule has 1 aliphatic heterocycles. The lowest BCUT2D eigenvalue weighted by Crippen LogP contribution is -2.48. The Kier molecular flexibility index (Phi) is 6.81. The molecule has 2 aromatic rings. The van der Waals surface area contributed by atoms with Crippen LogP contribution in [0, 0.1) is 6.92 Å². The predicted molar refractivity (Wildman–Crippen MR) is 106 cm³/mol. The molecule has 26 heavy (non-hydrogen) atoms. The van der Waals surface area contributed by atoms with Gasteiger partial charge in [0.15, 0.2) is 0 Å². The van der Waals surface area contributed by atoms with Crippen molar-refractivity contribution in [2.75, 3.05) is 32.7 Å². The monoisotopic (exact) mass is 351 g/mol. The summed E-state index contributed by atoms with van der Waals surface area (Å²) >= 11 is 0. The van der Waals surface area contributed by atoms with E-state index in [0.29, 0.717) is 6.42 Å². The van der Waals surface area contributed by atoms with E-state index < -0.39 is 0 Å². The molecule has 0 radical (unpaired) electrons. The van der Waals surface area contributed by atoms with E-state index in [9.17, 15) is 4.79 Å². The van der Waals surface area contributed by atoms with Crippen molar-refractivity contribution in [3.8, 4) is 0 Å². The standard InChI is InChI=1S/C22H29N3O/c1-19-6-5-9-21(16-19)17-23-11-10-22(26)25-14-12-24(13-15-25)18-20-7-3-2-4-8-20/h2-9,16,23H,10-15,17-18H2,1H3. The van der Waals surface area contributed by atoms with E-state index in [2.05, 4.69) is 65.7 Å². The highest BCUT2D eigenvalue weighted by Gasteiger charge is 2.20. The summed E-state index contributed by atoms with van der Waals surface area (Å²) < 4.78 is 0. The third-order valence-corrected chi connectivity index (χ3v) is 4.90. The summed E-state index contributed by atoms with van der Waals surface area (Å²) in [7, 11) is 0. The van der Waals surface area contributed by atoms with Gasteiger partial charge in [-0.3, -0.25) is 9.69 Å². The van der Waals surface area contributed by atoms with Gasteiger partial charge in [-0.1, -0.05) is 60.2 Å². The topological polar surface area (TPSA) is 35.6 Å². The maximum absolute atomic E-state index is 12.4. The van der Waals surface area contributed by atoms with Crippen molar-refractivity contribution in [3.05, 3.63) is 71.3 Å². The van der Waals surface area contributed by atoms with Crippen molar-refractivity contribution in [3.63, 3.8) is 0 Å². The molecule has 0 spiro atoms. The van der Waals surface area contributed by atoms with Gasteiger partial charge in [-0.05, 0) is 18.1 Å². The molecular weight excluding hydrogens is 322 g/mol. The minimum absolute atomic E-state index is 0.265. The Hall–Kier alpha value is -2.17. The molecule has 138 valence electrons. The van der Waals surface area contributed by atoms with E-state index in [1.54, 1.807) is 0 Å². The fraction of sp³-hybridized carbons (Fsp3) is 0.409. The van der Waals surface area contributed by atoms with E-state index in [-0.39, 0.29) is 5.91 Å². The van der Waals surface area contributed by atoms with Gasteiger partial charge in [0.2, 0.25) is 5.91 Å². The van der Waals surface area contributed by atoms with Crippen LogP contribution in [0.4, 0.5) is 0 Å². The number of nitrogens with one attached hydrogen (secondary N) is 1. The lowest BCUT2D eigenvalue weighted by molar-refractivity contribution is -0.132. The number of amides is 1. The SMILES string of the molecule is Cc1cccc(CNCCC(=O)N2CCN(Cc3ccccc3)CC2)c1. The van der Waals surface area contributed by atoms with Crippen LogP contribution in [0.5, 0.6) is 0 Å². The first-order valence-electron chi connectivity index (χ1n) is 9.51. The van der Waals surface area contributed by atoms with Gasteiger partial charge in [0.05, 0.1) is 0 Å². The second-order valence-electron chi connectivity index (χ2n) is 7.06. The van der Waals surface area contributed by atoms with Crippen LogP contribution in [0.3, 0.4) is 0 Å². The number of carbonyl (C=O) groups excluding carboxylic acids is 1. The third kappa shape index (κ3) is 5.68. The van der Waals surface area contributed by atoms with Crippen LogP contribution in [0.2, 0.25) is 0 Å². The number of rotatable bonds is 7. The largest absolute Gasteiger partial charge is 0.340 e. The van der Waals surface area contributed by atoms with Gasteiger partial charge in [0.1, 0.15) is 0 Å². The summed E-state index contributed by atoms with van der Waals surface area (Å²) in [5.74, 6) is 0.265. The number of nitrogens with zero attached hydrogens (tertiary/aromatic N) is 2. The molecule has 1 heterocycles. The van der Waals surface area contributed by atoms with E-state index >= 15 is 0 Å². The maximum atomic E-state index is 12.4. The lowest BCUT2D eigenvalue weighted by atomic mass is 10.1. The zero-order valence-electron chi connectivity index (χ0n) is 15.7. The molecule has 1 fully saturated rings. The molecule has 1 saturated heterocycles. The van der Waals surface area contributed by atoms with Gasteiger partial charge in [-0.25, -0.2) is 0 Å². The first kappa shape index (κ1) is 18.6. The van der Waals surface area contributed by atoms with Crippen LogP contribution in [0.25, 0.3) is 0 Å². The summed E-state index contributed by atoms with van der Waals surface area (Å²) in [5, 5.41) is 3.38. The van der Waals surface area contributed by atoms with Gasteiger partial charge in [0, 0.05) is 52.2 Å². The highest BCUT2D eigenvalue weighted by Crippen LogP contribution is 2.09. The van der Waals surface area contributed by atoms with Crippen molar-refractivity contribution in [2.24, 2.45) is 0 Å². The molecular formula is C22H29N3O. The average molecular weight is 351 g/mol. The Labute approximate surface area is 156 Å². The Morgan fingerprint density at radius 2 is 1.69 bits per heavy atom. The first-order chi connectivity index (χ1) is 12.7. The zero-order valence-corrected chi connectivity index (χ0v) is 15.7. The predicted octanol–water partition coefficient (Wildman–Crippen LogP) is 2.82. The second kappa shape index (κ2) is 9.51. The highest BCUT2D eigenvalue weighted by molar-refractivity contribution is 5.76.